The van der Waals surface area contributed by atoms with Crippen molar-refractivity contribution in [2.75, 3.05) is 31.6 Å². The summed E-state index contributed by atoms with van der Waals surface area (Å²) in [5, 5.41) is 13.4. The van der Waals surface area contributed by atoms with Gasteiger partial charge in [0.1, 0.15) is 5.75 Å². The Bertz CT molecular complexity index is 1940. The molecule has 11 nitrogen and oxygen atoms in total. The maximum Gasteiger partial charge on any atom is 0.283 e. The molecule has 11 heteroatoms. The van der Waals surface area contributed by atoms with Crippen LogP contribution in [0, 0.1) is 0 Å². The Balaban J connectivity index is 1.34. The van der Waals surface area contributed by atoms with Crippen LogP contribution in [0.25, 0.3) is 11.2 Å². The number of anilines is 1. The molecule has 1 saturated heterocycles. The molecule has 0 radical (unpaired) electrons. The average Bonchev–Trinajstić information content (AvgIpc) is 3.62. The molecule has 0 aliphatic carbocycles. The van der Waals surface area contributed by atoms with Gasteiger partial charge in [-0.05, 0) is 28.8 Å². The number of H-pyrrole nitrogens is 1. The summed E-state index contributed by atoms with van der Waals surface area (Å²) >= 11 is 0. The predicted octanol–water partition coefficient (Wildman–Crippen LogP) is 4.32. The van der Waals surface area contributed by atoms with Crippen molar-refractivity contribution in [1.29, 1.82) is 0 Å². The number of ether oxygens (including phenoxy) is 2. The third-order valence-corrected chi connectivity index (χ3v) is 8.55. The molecule has 48 heavy (non-hydrogen) atoms. The fourth-order valence-electron chi connectivity index (χ4n) is 6.50. The first-order valence-electron chi connectivity index (χ1n) is 15.7. The number of hydrogen-bond donors (Lipinski definition) is 3. The summed E-state index contributed by atoms with van der Waals surface area (Å²) in [5.41, 5.74) is 1.98. The number of aromatic nitrogens is 4. The van der Waals surface area contributed by atoms with E-state index in [0.29, 0.717) is 12.3 Å². The van der Waals surface area contributed by atoms with Crippen LogP contribution in [0.2, 0.25) is 0 Å². The Hall–Kier alpha value is -5.62. The van der Waals surface area contributed by atoms with E-state index in [1.54, 1.807) is 12.1 Å². The second-order valence-corrected chi connectivity index (χ2v) is 11.5. The highest BCUT2D eigenvalue weighted by atomic mass is 16.5. The number of amides is 1. The summed E-state index contributed by atoms with van der Waals surface area (Å²) in [7, 11) is 0. The molecular formula is C37H34N6O5. The predicted molar refractivity (Wildman–Crippen MR) is 180 cm³/mol. The normalized spacial score (nSPS) is 16.9. The summed E-state index contributed by atoms with van der Waals surface area (Å²) < 4.78 is 13.4. The topological polar surface area (TPSA) is 135 Å². The molecule has 4 aromatic carbocycles. The summed E-state index contributed by atoms with van der Waals surface area (Å²) in [6.07, 6.45) is -0.276. The molecule has 0 spiro atoms. The fraction of sp³-hybridized carbons (Fsp3) is 0.189. The van der Waals surface area contributed by atoms with Gasteiger partial charge in [0, 0.05) is 13.1 Å². The highest BCUT2D eigenvalue weighted by molar-refractivity contribution is 5.91. The van der Waals surface area contributed by atoms with Crippen LogP contribution in [0.1, 0.15) is 22.9 Å². The molecule has 242 valence electrons. The van der Waals surface area contributed by atoms with Gasteiger partial charge in [-0.1, -0.05) is 109 Å². The van der Waals surface area contributed by atoms with E-state index in [4.69, 9.17) is 9.47 Å². The average molecular weight is 643 g/mol. The molecule has 0 saturated carbocycles. The van der Waals surface area contributed by atoms with Crippen LogP contribution in [0.15, 0.2) is 132 Å². The van der Waals surface area contributed by atoms with E-state index in [9.17, 15) is 14.7 Å². The van der Waals surface area contributed by atoms with Gasteiger partial charge in [-0.15, -0.1) is 0 Å². The molecular weight excluding hydrogens is 608 g/mol. The third kappa shape index (κ3) is 5.86. The van der Waals surface area contributed by atoms with E-state index < -0.39 is 29.3 Å². The standard InChI is InChI=1S/C37H34N6O5/c44-23-30-21-42(37(26-13-5-1-6-14-26,27-15-7-2-8-16-27)28-17-9-3-10-18-28)22-32(48-30)43-35(46)33-34(39-25-38-33)41-36(43)40-31(45)24-47-29-19-11-4-12-20-29/h1-20,25,30,32,44H,21-24H2,(H,38,39)(H,40,41,45)/t30-,32+/m0/s1. The minimum atomic E-state index is -0.968. The van der Waals surface area contributed by atoms with Crippen molar-refractivity contribution in [1.82, 2.24) is 24.4 Å². The molecule has 3 heterocycles. The number of rotatable bonds is 10. The van der Waals surface area contributed by atoms with Gasteiger partial charge in [-0.25, -0.2) is 9.55 Å². The lowest BCUT2D eigenvalue weighted by molar-refractivity contribution is -0.150. The summed E-state index contributed by atoms with van der Waals surface area (Å²) in [4.78, 5) is 41.2. The first-order valence-corrected chi connectivity index (χ1v) is 15.7. The zero-order valence-electron chi connectivity index (χ0n) is 26.0. The molecule has 2 aromatic heterocycles. The van der Waals surface area contributed by atoms with Crippen molar-refractivity contribution < 1.29 is 19.4 Å². The zero-order chi connectivity index (χ0) is 32.9. The van der Waals surface area contributed by atoms with Crippen LogP contribution >= 0.6 is 0 Å². The van der Waals surface area contributed by atoms with Gasteiger partial charge in [0.15, 0.2) is 24.0 Å². The number of fused-ring (bicyclic) bond motifs is 1. The minimum Gasteiger partial charge on any atom is -0.484 e. The van der Waals surface area contributed by atoms with Crippen LogP contribution in [0.4, 0.5) is 5.95 Å². The Kier molecular flexibility index (Phi) is 8.80. The second kappa shape index (κ2) is 13.6. The highest BCUT2D eigenvalue weighted by Gasteiger charge is 2.46. The van der Waals surface area contributed by atoms with Crippen molar-refractivity contribution in [3.05, 3.63) is 155 Å². The molecule has 3 N–H and O–H groups in total. The summed E-state index contributed by atoms with van der Waals surface area (Å²) in [6.45, 7) is -0.0797. The van der Waals surface area contributed by atoms with Crippen molar-refractivity contribution in [3.63, 3.8) is 0 Å². The number of carbonyl (C=O) groups is 1. The van der Waals surface area contributed by atoms with Crippen LogP contribution in [0.3, 0.4) is 0 Å². The summed E-state index contributed by atoms with van der Waals surface area (Å²) in [5.74, 6) is -0.0422. The number of nitrogens with one attached hydrogen (secondary N) is 2. The quantitative estimate of drug-likeness (QED) is 0.188. The van der Waals surface area contributed by atoms with Crippen LogP contribution < -0.4 is 15.6 Å². The lowest BCUT2D eigenvalue weighted by Crippen LogP contribution is -2.58. The minimum absolute atomic E-state index is 0.0467. The fourth-order valence-corrected chi connectivity index (χ4v) is 6.50. The number of hydrogen-bond acceptors (Lipinski definition) is 8. The number of para-hydroxylation sites is 1. The van der Waals surface area contributed by atoms with Gasteiger partial charge < -0.3 is 19.6 Å². The Morgan fingerprint density at radius 3 is 2.00 bits per heavy atom. The van der Waals surface area contributed by atoms with Gasteiger partial charge in [-0.2, -0.15) is 4.98 Å². The molecule has 1 aliphatic rings. The molecule has 1 fully saturated rings. The highest BCUT2D eigenvalue weighted by Crippen LogP contribution is 2.44. The van der Waals surface area contributed by atoms with Gasteiger partial charge >= 0.3 is 0 Å². The first kappa shape index (κ1) is 31.0. The van der Waals surface area contributed by atoms with E-state index >= 15 is 0 Å². The maximum absolute atomic E-state index is 14.1. The number of aliphatic hydroxyl groups excluding tert-OH is 1. The lowest BCUT2D eigenvalue weighted by Gasteiger charge is -2.50. The Labute approximate surface area is 276 Å². The smallest absolute Gasteiger partial charge is 0.283 e. The van der Waals surface area contributed by atoms with E-state index in [-0.39, 0.29) is 36.9 Å². The lowest BCUT2D eigenvalue weighted by atomic mass is 9.75. The van der Waals surface area contributed by atoms with Crippen LogP contribution in [-0.4, -0.2) is 67.8 Å². The molecule has 2 atom stereocenters. The number of benzene rings is 4. The zero-order valence-corrected chi connectivity index (χ0v) is 26.0. The van der Waals surface area contributed by atoms with E-state index in [2.05, 4.69) is 61.6 Å². The number of carbonyl (C=O) groups excluding carboxylic acids is 1. The number of aliphatic hydroxyl groups is 1. The van der Waals surface area contributed by atoms with Crippen molar-refractivity contribution in [2.24, 2.45) is 0 Å². The van der Waals surface area contributed by atoms with Crippen molar-refractivity contribution in [3.8, 4) is 5.75 Å². The van der Waals surface area contributed by atoms with E-state index in [1.807, 2.05) is 72.8 Å². The SMILES string of the molecule is O=C(COc1ccccc1)Nc1nc2nc[nH]c2c(=O)n1[C@H]1CN(C(c2ccccc2)(c2ccccc2)c2ccccc2)C[C@@H](CO)O1. The number of morpholine rings is 1. The van der Waals surface area contributed by atoms with Gasteiger partial charge in [-0.3, -0.25) is 19.8 Å². The van der Waals surface area contributed by atoms with E-state index in [1.165, 1.54) is 10.9 Å². The number of imidazole rings is 1. The second-order valence-electron chi connectivity index (χ2n) is 11.5. The first-order chi connectivity index (χ1) is 23.6. The third-order valence-electron chi connectivity index (χ3n) is 8.55. The summed E-state index contributed by atoms with van der Waals surface area (Å²) in [6, 6.07) is 39.4. The molecule has 1 aliphatic heterocycles. The monoisotopic (exact) mass is 642 g/mol. The number of aromatic amines is 1. The van der Waals surface area contributed by atoms with Gasteiger partial charge in [0.05, 0.1) is 24.6 Å². The Morgan fingerprint density at radius 1 is 0.875 bits per heavy atom. The molecule has 6 aromatic rings. The largest absolute Gasteiger partial charge is 0.484 e. The molecule has 1 amide bonds. The van der Waals surface area contributed by atoms with Crippen molar-refractivity contribution >= 4 is 23.0 Å². The molecule has 0 unspecified atom stereocenters. The van der Waals surface area contributed by atoms with Crippen LogP contribution in [-0.2, 0) is 15.1 Å². The van der Waals surface area contributed by atoms with E-state index in [0.717, 1.165) is 16.7 Å². The van der Waals surface area contributed by atoms with Gasteiger partial charge in [0.2, 0.25) is 5.95 Å². The van der Waals surface area contributed by atoms with Crippen molar-refractivity contribution in [2.45, 2.75) is 17.9 Å². The Morgan fingerprint density at radius 2 is 1.44 bits per heavy atom. The maximum atomic E-state index is 14.1. The van der Waals surface area contributed by atoms with Crippen LogP contribution in [0.5, 0.6) is 5.75 Å². The number of nitrogens with zero attached hydrogens (tertiary/aromatic N) is 4. The molecule has 0 bridgehead atoms. The molecule has 7 rings (SSSR count). The van der Waals surface area contributed by atoms with Gasteiger partial charge in [0.25, 0.3) is 11.5 Å².